The zero-order valence-corrected chi connectivity index (χ0v) is 12.5. The van der Waals surface area contributed by atoms with Crippen molar-refractivity contribution < 1.29 is 9.53 Å². The maximum Gasteiger partial charge on any atom is 0.327 e. The van der Waals surface area contributed by atoms with E-state index in [-0.39, 0.29) is 6.61 Å². The van der Waals surface area contributed by atoms with Crippen LogP contribution in [0.15, 0.2) is 60.7 Å². The molecule has 0 aromatic heterocycles. The zero-order chi connectivity index (χ0) is 15.6. The number of rotatable bonds is 4. The highest BCUT2D eigenvalue weighted by atomic mass is 16.5. The fourth-order valence-corrected chi connectivity index (χ4v) is 3.34. The number of carbonyl (C=O) groups excluding carboxylic acids is 1. The highest BCUT2D eigenvalue weighted by Crippen LogP contribution is 2.68. The fraction of sp³-hybridized carbons (Fsp3) is 0.263. The van der Waals surface area contributed by atoms with Gasteiger partial charge in [-0.2, -0.15) is 5.26 Å². The van der Waals surface area contributed by atoms with Gasteiger partial charge >= 0.3 is 5.97 Å². The highest BCUT2D eigenvalue weighted by Gasteiger charge is 2.75. The molecular weight excluding hydrogens is 274 g/mol. The van der Waals surface area contributed by atoms with Crippen molar-refractivity contribution in [3.8, 4) is 6.07 Å². The molecule has 3 nitrogen and oxygen atoms in total. The first-order valence-electron chi connectivity index (χ1n) is 7.41. The predicted octanol–water partition coefficient (Wildman–Crippen LogP) is 3.45. The molecule has 0 amide bonds. The summed E-state index contributed by atoms with van der Waals surface area (Å²) in [5, 5.41) is 9.76. The minimum absolute atomic E-state index is 0.280. The van der Waals surface area contributed by atoms with E-state index >= 15 is 0 Å². The van der Waals surface area contributed by atoms with E-state index in [0.29, 0.717) is 6.42 Å². The van der Waals surface area contributed by atoms with Gasteiger partial charge in [0.1, 0.15) is 0 Å². The van der Waals surface area contributed by atoms with Gasteiger partial charge in [0.25, 0.3) is 0 Å². The molecule has 2 aromatic carbocycles. The van der Waals surface area contributed by atoms with E-state index in [1.165, 1.54) is 0 Å². The Morgan fingerprint density at radius 1 is 1.09 bits per heavy atom. The number of hydrogen-bond donors (Lipinski definition) is 0. The summed E-state index contributed by atoms with van der Waals surface area (Å²) in [7, 11) is 0. The standard InChI is InChI=1S/C19H17NO2/c1-2-22-17(21)18(14-20)13-19(18,15-9-5-3-6-10-15)16-11-7-4-8-12-16/h3-12H,2,13H2,1H3/t18-/m1/s1. The van der Waals surface area contributed by atoms with E-state index in [2.05, 4.69) is 6.07 Å². The lowest BCUT2D eigenvalue weighted by atomic mass is 9.80. The monoisotopic (exact) mass is 291 g/mol. The summed E-state index contributed by atoms with van der Waals surface area (Å²) >= 11 is 0. The van der Waals surface area contributed by atoms with Crippen LogP contribution >= 0.6 is 0 Å². The van der Waals surface area contributed by atoms with E-state index < -0.39 is 16.8 Å². The summed E-state index contributed by atoms with van der Waals surface area (Å²) in [6.07, 6.45) is 0.462. The Morgan fingerprint density at radius 3 is 2.00 bits per heavy atom. The molecule has 0 N–H and O–H groups in total. The van der Waals surface area contributed by atoms with Gasteiger partial charge in [0.15, 0.2) is 5.41 Å². The Kier molecular flexibility index (Phi) is 3.46. The molecule has 0 heterocycles. The summed E-state index contributed by atoms with van der Waals surface area (Å²) in [6, 6.07) is 21.8. The van der Waals surface area contributed by atoms with Crippen LogP contribution < -0.4 is 0 Å². The van der Waals surface area contributed by atoms with Crippen LogP contribution in [0.3, 0.4) is 0 Å². The van der Waals surface area contributed by atoms with Crippen LogP contribution in [0.5, 0.6) is 0 Å². The first-order chi connectivity index (χ1) is 10.7. The van der Waals surface area contributed by atoms with Crippen molar-refractivity contribution in [1.82, 2.24) is 0 Å². The number of ether oxygens (including phenoxy) is 1. The third-order valence-corrected chi connectivity index (χ3v) is 4.48. The second-order valence-corrected chi connectivity index (χ2v) is 5.55. The molecular formula is C19H17NO2. The van der Waals surface area contributed by atoms with Gasteiger partial charge in [-0.15, -0.1) is 0 Å². The number of carbonyl (C=O) groups is 1. The molecule has 22 heavy (non-hydrogen) atoms. The Labute approximate surface area is 130 Å². The number of benzene rings is 2. The van der Waals surface area contributed by atoms with Gasteiger partial charge in [-0.1, -0.05) is 60.7 Å². The summed E-state index contributed by atoms with van der Waals surface area (Å²) in [5.74, 6) is -0.426. The van der Waals surface area contributed by atoms with E-state index in [9.17, 15) is 10.1 Å². The van der Waals surface area contributed by atoms with Gasteiger partial charge in [0, 0.05) is 0 Å². The van der Waals surface area contributed by atoms with Gasteiger partial charge in [-0.05, 0) is 24.5 Å². The molecule has 0 spiro atoms. The van der Waals surface area contributed by atoms with Crippen molar-refractivity contribution in [3.63, 3.8) is 0 Å². The second-order valence-electron chi connectivity index (χ2n) is 5.55. The van der Waals surface area contributed by atoms with Crippen LogP contribution in [0.25, 0.3) is 0 Å². The smallest absolute Gasteiger partial charge is 0.327 e. The Bertz CT molecular complexity index is 679. The molecule has 2 aromatic rings. The third-order valence-electron chi connectivity index (χ3n) is 4.48. The average Bonchev–Trinajstić information content (AvgIpc) is 3.29. The first-order valence-corrected chi connectivity index (χ1v) is 7.41. The van der Waals surface area contributed by atoms with Crippen LogP contribution in [-0.2, 0) is 14.9 Å². The van der Waals surface area contributed by atoms with Gasteiger partial charge in [0.05, 0.1) is 18.1 Å². The molecule has 1 aliphatic rings. The van der Waals surface area contributed by atoms with Gasteiger partial charge in [-0.25, -0.2) is 0 Å². The summed E-state index contributed by atoms with van der Waals surface area (Å²) in [5.41, 5.74) is 0.217. The molecule has 1 saturated carbocycles. The number of esters is 1. The van der Waals surface area contributed by atoms with E-state index in [1.54, 1.807) is 6.92 Å². The maximum atomic E-state index is 12.5. The van der Waals surface area contributed by atoms with Crippen molar-refractivity contribution in [3.05, 3.63) is 71.8 Å². The van der Waals surface area contributed by atoms with Crippen molar-refractivity contribution in [1.29, 1.82) is 5.26 Å². The average molecular weight is 291 g/mol. The van der Waals surface area contributed by atoms with Crippen LogP contribution in [0.4, 0.5) is 0 Å². The Hall–Kier alpha value is -2.60. The Morgan fingerprint density at radius 2 is 1.59 bits per heavy atom. The molecule has 0 radical (unpaired) electrons. The third kappa shape index (κ3) is 1.84. The second kappa shape index (κ2) is 5.31. The van der Waals surface area contributed by atoms with Crippen LogP contribution in [-0.4, -0.2) is 12.6 Å². The van der Waals surface area contributed by atoms with Gasteiger partial charge < -0.3 is 4.74 Å². The molecule has 0 saturated heterocycles. The molecule has 0 unspecified atom stereocenters. The molecule has 3 heteroatoms. The minimum Gasteiger partial charge on any atom is -0.465 e. The van der Waals surface area contributed by atoms with E-state index in [4.69, 9.17) is 4.74 Å². The van der Waals surface area contributed by atoms with Gasteiger partial charge in [0.2, 0.25) is 0 Å². The Balaban J connectivity index is 2.16. The minimum atomic E-state index is -1.13. The predicted molar refractivity (Wildman–Crippen MR) is 83.0 cm³/mol. The maximum absolute atomic E-state index is 12.5. The lowest BCUT2D eigenvalue weighted by Gasteiger charge is -2.21. The summed E-state index contributed by atoms with van der Waals surface area (Å²) in [6.45, 7) is 2.04. The first kappa shape index (κ1) is 14.3. The molecule has 110 valence electrons. The summed E-state index contributed by atoms with van der Waals surface area (Å²) in [4.78, 5) is 12.5. The topological polar surface area (TPSA) is 50.1 Å². The van der Waals surface area contributed by atoms with Crippen LogP contribution in [0.2, 0.25) is 0 Å². The summed E-state index contributed by atoms with van der Waals surface area (Å²) < 4.78 is 5.20. The zero-order valence-electron chi connectivity index (χ0n) is 12.5. The normalized spacial score (nSPS) is 21.6. The molecule has 0 aliphatic heterocycles. The van der Waals surface area contributed by atoms with Crippen LogP contribution in [0, 0.1) is 16.7 Å². The van der Waals surface area contributed by atoms with Crippen molar-refractivity contribution >= 4 is 5.97 Å². The van der Waals surface area contributed by atoms with E-state index in [1.807, 2.05) is 60.7 Å². The van der Waals surface area contributed by atoms with Crippen molar-refractivity contribution in [2.45, 2.75) is 18.8 Å². The number of hydrogen-bond acceptors (Lipinski definition) is 3. The van der Waals surface area contributed by atoms with E-state index in [0.717, 1.165) is 11.1 Å². The lowest BCUT2D eigenvalue weighted by Crippen LogP contribution is -2.28. The number of nitrogens with zero attached hydrogens (tertiary/aromatic N) is 1. The fourth-order valence-electron chi connectivity index (χ4n) is 3.34. The van der Waals surface area contributed by atoms with Crippen molar-refractivity contribution in [2.75, 3.05) is 6.61 Å². The quantitative estimate of drug-likeness (QED) is 0.811. The molecule has 0 bridgehead atoms. The highest BCUT2D eigenvalue weighted by molar-refractivity contribution is 5.89. The number of nitriles is 1. The van der Waals surface area contributed by atoms with Crippen molar-refractivity contribution in [2.24, 2.45) is 5.41 Å². The molecule has 3 rings (SSSR count). The van der Waals surface area contributed by atoms with Gasteiger partial charge in [-0.3, -0.25) is 4.79 Å². The SMILES string of the molecule is CCOC(=O)[C@]1(C#N)CC1(c1ccccc1)c1ccccc1. The van der Waals surface area contributed by atoms with Crippen LogP contribution in [0.1, 0.15) is 24.5 Å². The molecule has 1 atom stereocenters. The molecule has 1 aliphatic carbocycles. The largest absolute Gasteiger partial charge is 0.465 e. The lowest BCUT2D eigenvalue weighted by molar-refractivity contribution is -0.147. The molecule has 1 fully saturated rings.